The monoisotopic (exact) mass is 466 g/mol. The number of rotatable bonds is 6. The van der Waals surface area contributed by atoms with Crippen LogP contribution in [0.2, 0.25) is 0 Å². The van der Waals surface area contributed by atoms with E-state index in [1.54, 1.807) is 0 Å². The molecule has 0 aliphatic carbocycles. The maximum Gasteiger partial charge on any atom is -1.00 e. The third-order valence-electron chi connectivity index (χ3n) is 3.00. The first-order valence-corrected chi connectivity index (χ1v) is 13.2. The van der Waals surface area contributed by atoms with Gasteiger partial charge in [-0.3, -0.25) is 0 Å². The van der Waals surface area contributed by atoms with E-state index in [4.69, 9.17) is 5.63 Å². The quantitative estimate of drug-likeness (QED) is 0.449. The molecular formula is C16H20Cl2O2P2Zr. The molecule has 0 N–H and O–H groups in total. The first kappa shape index (κ1) is 23.4. The largest absolute Gasteiger partial charge is 1.00 e. The van der Waals surface area contributed by atoms with Crippen LogP contribution in [-0.4, -0.2) is 26.7 Å². The molecule has 2 aromatic carbocycles. The third kappa shape index (κ3) is 7.01. The van der Waals surface area contributed by atoms with Gasteiger partial charge < -0.3 is 24.8 Å². The fraction of sp³-hybridized carbons (Fsp3) is 0.250. The van der Waals surface area contributed by atoms with Gasteiger partial charge in [-0.1, -0.05) is 0 Å². The molecule has 7 heteroatoms. The fourth-order valence-corrected chi connectivity index (χ4v) is 5.67. The molecule has 0 amide bonds. The average Bonchev–Trinajstić information content (AvgIpc) is 2.48. The minimum atomic E-state index is -1.37. The summed E-state index contributed by atoms with van der Waals surface area (Å²) in [4.78, 5) is 0. The molecule has 0 aliphatic heterocycles. The molecule has 2 aromatic rings. The van der Waals surface area contributed by atoms with Crippen molar-refractivity contribution in [2.75, 3.05) is 26.7 Å². The maximum absolute atomic E-state index is 6.01. The number of benzene rings is 2. The van der Waals surface area contributed by atoms with Crippen LogP contribution in [0.4, 0.5) is 0 Å². The normalized spacial score (nSPS) is 9.65. The molecule has 23 heavy (non-hydrogen) atoms. The van der Waals surface area contributed by atoms with Crippen molar-refractivity contribution in [2.24, 2.45) is 0 Å². The molecule has 0 heterocycles. The molecule has 0 aromatic heterocycles. The predicted octanol–water partition coefficient (Wildman–Crippen LogP) is -2.20. The van der Waals surface area contributed by atoms with Crippen molar-refractivity contribution < 1.29 is 54.6 Å². The molecule has 0 spiro atoms. The van der Waals surface area contributed by atoms with Crippen molar-refractivity contribution in [1.29, 1.82) is 0 Å². The molecule has 0 unspecified atom stereocenters. The van der Waals surface area contributed by atoms with Crippen LogP contribution in [0, 0.1) is 0 Å². The van der Waals surface area contributed by atoms with Gasteiger partial charge >= 0.3 is 143 Å². The van der Waals surface area contributed by atoms with E-state index in [1.807, 2.05) is 12.1 Å². The first-order valence-electron chi connectivity index (χ1n) is 6.71. The van der Waals surface area contributed by atoms with Gasteiger partial charge in [0.2, 0.25) is 0 Å². The molecule has 0 saturated carbocycles. The SMILES string of the molecule is CP(C)c1ccccc1[O][Zr+2][O]c1ccccc1P(C)C.[Cl-].[Cl-]. The Hall–Kier alpha value is 0.363. The van der Waals surface area contributed by atoms with Crippen molar-refractivity contribution in [2.45, 2.75) is 0 Å². The molecule has 0 saturated heterocycles. The van der Waals surface area contributed by atoms with E-state index in [9.17, 15) is 0 Å². The number of para-hydroxylation sites is 2. The molecule has 124 valence electrons. The minimum Gasteiger partial charge on any atom is -1.00 e. The topological polar surface area (TPSA) is 18.5 Å². The van der Waals surface area contributed by atoms with E-state index in [0.29, 0.717) is 0 Å². The summed E-state index contributed by atoms with van der Waals surface area (Å²) in [6, 6.07) is 16.6. The fourth-order valence-electron chi connectivity index (χ4n) is 1.94. The third-order valence-corrected chi connectivity index (χ3v) is 7.15. The van der Waals surface area contributed by atoms with E-state index in [2.05, 4.69) is 63.1 Å². The summed E-state index contributed by atoms with van der Waals surface area (Å²) in [6.45, 7) is 9.00. The van der Waals surface area contributed by atoms with Crippen LogP contribution >= 0.6 is 15.8 Å². The Morgan fingerprint density at radius 3 is 1.35 bits per heavy atom. The Labute approximate surface area is 166 Å². The van der Waals surface area contributed by atoms with Crippen LogP contribution in [-0.2, 0) is 24.1 Å². The van der Waals surface area contributed by atoms with Gasteiger partial charge in [-0.15, -0.1) is 0 Å². The zero-order valence-electron chi connectivity index (χ0n) is 13.6. The van der Waals surface area contributed by atoms with Crippen LogP contribution in [0.15, 0.2) is 48.5 Å². The van der Waals surface area contributed by atoms with E-state index in [1.165, 1.54) is 10.6 Å². The standard InChI is InChI=1S/2C8H11OP.2ClH.Zr/c2*1-10(2)8-6-4-3-5-7(8)9;;;/h2*3-6,9H,1-2H3;2*1H;/q;;;;+4/p-4. The second-order valence-corrected chi connectivity index (χ2v) is 11.0. The predicted molar refractivity (Wildman–Crippen MR) is 90.9 cm³/mol. The minimum absolute atomic E-state index is 0. The van der Waals surface area contributed by atoms with Gasteiger partial charge in [-0.2, -0.15) is 0 Å². The summed E-state index contributed by atoms with van der Waals surface area (Å²) in [5.74, 6) is 2.01. The Kier molecular flexibility index (Phi) is 12.0. The number of halogens is 2. The zero-order chi connectivity index (χ0) is 15.2. The van der Waals surface area contributed by atoms with Gasteiger partial charge in [0.15, 0.2) is 0 Å². The van der Waals surface area contributed by atoms with Crippen LogP contribution in [0.5, 0.6) is 11.5 Å². The van der Waals surface area contributed by atoms with Crippen LogP contribution in [0.1, 0.15) is 0 Å². The Bertz CT molecular complexity index is 546. The van der Waals surface area contributed by atoms with Gasteiger partial charge in [-0.25, -0.2) is 0 Å². The van der Waals surface area contributed by atoms with E-state index in [0.717, 1.165) is 11.5 Å². The first-order chi connectivity index (χ1) is 10.1. The Balaban J connectivity index is 0.00000242. The summed E-state index contributed by atoms with van der Waals surface area (Å²) in [7, 11) is -0.308. The average molecular weight is 468 g/mol. The second-order valence-electron chi connectivity index (χ2n) is 5.01. The molecule has 2 nitrogen and oxygen atoms in total. The Morgan fingerprint density at radius 1 is 0.652 bits per heavy atom. The molecule has 0 fully saturated rings. The van der Waals surface area contributed by atoms with Crippen molar-refractivity contribution in [1.82, 2.24) is 0 Å². The van der Waals surface area contributed by atoms with E-state index < -0.39 is 24.1 Å². The molecular weight excluding hydrogens is 448 g/mol. The van der Waals surface area contributed by atoms with Gasteiger partial charge in [0.05, 0.1) is 0 Å². The summed E-state index contributed by atoms with van der Waals surface area (Å²) in [5.41, 5.74) is 0. The van der Waals surface area contributed by atoms with Gasteiger partial charge in [0.25, 0.3) is 0 Å². The zero-order valence-corrected chi connectivity index (χ0v) is 19.3. The van der Waals surface area contributed by atoms with Crippen molar-refractivity contribution in [3.63, 3.8) is 0 Å². The smallest absolute Gasteiger partial charge is 1.00 e. The van der Waals surface area contributed by atoms with Crippen molar-refractivity contribution in [3.8, 4) is 11.5 Å². The molecule has 0 aliphatic rings. The maximum atomic E-state index is 6.01. The van der Waals surface area contributed by atoms with Gasteiger partial charge in [-0.05, 0) is 0 Å². The van der Waals surface area contributed by atoms with Crippen molar-refractivity contribution in [3.05, 3.63) is 48.5 Å². The molecule has 0 radical (unpaired) electrons. The molecule has 2 rings (SSSR count). The molecule has 0 atom stereocenters. The van der Waals surface area contributed by atoms with Crippen LogP contribution in [0.3, 0.4) is 0 Å². The summed E-state index contributed by atoms with van der Waals surface area (Å²) >= 11 is -1.37. The molecule has 0 bridgehead atoms. The van der Waals surface area contributed by atoms with Crippen LogP contribution < -0.4 is 41.0 Å². The van der Waals surface area contributed by atoms with Gasteiger partial charge in [0, 0.05) is 0 Å². The van der Waals surface area contributed by atoms with Crippen LogP contribution in [0.25, 0.3) is 0 Å². The Morgan fingerprint density at radius 2 is 1.00 bits per heavy atom. The van der Waals surface area contributed by atoms with E-state index in [-0.39, 0.29) is 40.7 Å². The summed E-state index contributed by atoms with van der Waals surface area (Å²) in [6.07, 6.45) is 0. The summed E-state index contributed by atoms with van der Waals surface area (Å²) < 4.78 is 12.0. The number of hydrogen-bond donors (Lipinski definition) is 0. The van der Waals surface area contributed by atoms with Crippen molar-refractivity contribution >= 4 is 26.5 Å². The van der Waals surface area contributed by atoms with Gasteiger partial charge in [0.1, 0.15) is 0 Å². The van der Waals surface area contributed by atoms with E-state index >= 15 is 0 Å². The second kappa shape index (κ2) is 11.8. The summed E-state index contributed by atoms with van der Waals surface area (Å²) in [5, 5.41) is 2.64. The number of hydrogen-bond acceptors (Lipinski definition) is 2.